The first-order valence-corrected chi connectivity index (χ1v) is 9.60. The number of hydrogen-bond acceptors (Lipinski definition) is 5. The molecular weight excluding hydrogens is 360 g/mol. The van der Waals surface area contributed by atoms with Crippen LogP contribution in [0.4, 0.5) is 4.79 Å². The zero-order valence-corrected chi connectivity index (χ0v) is 17.5. The molecule has 0 aliphatic carbocycles. The Kier molecular flexibility index (Phi) is 5.64. The molecule has 0 spiro atoms. The first-order chi connectivity index (χ1) is 13.3. The molecule has 0 radical (unpaired) electrons. The van der Waals surface area contributed by atoms with Gasteiger partial charge in [0.05, 0.1) is 25.4 Å². The molecule has 28 heavy (non-hydrogen) atoms. The molecule has 0 saturated carbocycles. The summed E-state index contributed by atoms with van der Waals surface area (Å²) in [7, 11) is 3.21. The number of rotatable bonds is 6. The topological polar surface area (TPSA) is 83.0 Å². The molecule has 1 aromatic heterocycles. The lowest BCUT2D eigenvalue weighted by Crippen LogP contribution is -2.63. The van der Waals surface area contributed by atoms with E-state index < -0.39 is 6.04 Å². The molecule has 9 heteroatoms. The molecule has 1 aromatic rings. The number of carbonyl (C=O) groups is 2. The summed E-state index contributed by atoms with van der Waals surface area (Å²) in [6.45, 7) is 9.32. The molecule has 3 rings (SSSR count). The van der Waals surface area contributed by atoms with Gasteiger partial charge in [0, 0.05) is 14.2 Å². The molecule has 1 fully saturated rings. The summed E-state index contributed by atoms with van der Waals surface area (Å²) in [5.74, 6) is 1.25. The second-order valence-electron chi connectivity index (χ2n) is 7.71. The zero-order valence-electron chi connectivity index (χ0n) is 17.5. The zero-order chi connectivity index (χ0) is 20.6. The molecule has 3 heterocycles. The van der Waals surface area contributed by atoms with Gasteiger partial charge in [0.1, 0.15) is 5.69 Å². The number of methoxy groups -OCH3 is 1. The van der Waals surface area contributed by atoms with Crippen molar-refractivity contribution in [2.75, 3.05) is 33.9 Å². The van der Waals surface area contributed by atoms with Gasteiger partial charge in [0.15, 0.2) is 0 Å². The Balaban J connectivity index is 2.07. The number of aliphatic imine (C=N–C) groups is 1. The minimum atomic E-state index is -0.628. The number of fused-ring (bicyclic) bond motifs is 1. The highest BCUT2D eigenvalue weighted by Gasteiger charge is 2.52. The van der Waals surface area contributed by atoms with Crippen molar-refractivity contribution in [3.05, 3.63) is 17.5 Å². The highest BCUT2D eigenvalue weighted by Crippen LogP contribution is 2.22. The predicted octanol–water partition coefficient (Wildman–Crippen LogP) is 1.08. The van der Waals surface area contributed by atoms with Gasteiger partial charge in [-0.05, 0) is 32.3 Å². The number of aromatic nitrogens is 2. The van der Waals surface area contributed by atoms with Crippen LogP contribution in [0.3, 0.4) is 0 Å². The average molecular weight is 389 g/mol. The van der Waals surface area contributed by atoms with Gasteiger partial charge < -0.3 is 4.74 Å². The van der Waals surface area contributed by atoms with E-state index in [0.717, 1.165) is 17.8 Å². The fourth-order valence-electron chi connectivity index (χ4n) is 3.52. The number of likely N-dealkylation sites (N-methyl/N-ethyl adjacent to an activating group) is 1. The third-order valence-corrected chi connectivity index (χ3v) is 5.05. The van der Waals surface area contributed by atoms with E-state index in [1.807, 2.05) is 24.5 Å². The highest BCUT2D eigenvalue weighted by molar-refractivity contribution is 6.23. The predicted molar refractivity (Wildman–Crippen MR) is 105 cm³/mol. The number of urea groups is 1. The van der Waals surface area contributed by atoms with Crippen molar-refractivity contribution in [2.45, 2.75) is 40.2 Å². The van der Waals surface area contributed by atoms with E-state index in [1.54, 1.807) is 18.8 Å². The average Bonchev–Trinajstić information content (AvgIpc) is 3.17. The van der Waals surface area contributed by atoms with Gasteiger partial charge in [0.2, 0.25) is 11.9 Å². The molecule has 2 aliphatic heterocycles. The van der Waals surface area contributed by atoms with Crippen LogP contribution < -0.4 is 0 Å². The maximum Gasteiger partial charge on any atom is 0.421 e. The van der Waals surface area contributed by atoms with E-state index in [2.05, 4.69) is 18.9 Å². The highest BCUT2D eigenvalue weighted by atomic mass is 16.5. The maximum absolute atomic E-state index is 13.2. The number of amidine groups is 1. The molecule has 0 bridgehead atoms. The van der Waals surface area contributed by atoms with Gasteiger partial charge in [-0.2, -0.15) is 0 Å². The van der Waals surface area contributed by atoms with Gasteiger partial charge in [-0.25, -0.2) is 9.37 Å². The Hall–Kier alpha value is -2.55. The van der Waals surface area contributed by atoms with E-state index in [-0.39, 0.29) is 18.5 Å². The molecule has 9 nitrogen and oxygen atoms in total. The SMILES string of the molecule is COCCN1C(=O)C2C(=NC(n3nc(C)cc3C)=[N+]2CCC(C)C)N(C)C1=O. The van der Waals surface area contributed by atoms with Crippen LogP contribution in [-0.4, -0.2) is 87.8 Å². The van der Waals surface area contributed by atoms with Gasteiger partial charge in [-0.1, -0.05) is 18.8 Å². The largest absolute Gasteiger partial charge is 0.421 e. The van der Waals surface area contributed by atoms with Crippen molar-refractivity contribution in [1.29, 1.82) is 0 Å². The van der Waals surface area contributed by atoms with Crippen LogP contribution in [0.25, 0.3) is 0 Å². The summed E-state index contributed by atoms with van der Waals surface area (Å²) in [5, 5.41) is 4.55. The lowest BCUT2D eigenvalue weighted by molar-refractivity contribution is -0.538. The molecule has 1 saturated heterocycles. The molecule has 2 aliphatic rings. The van der Waals surface area contributed by atoms with Crippen LogP contribution in [0, 0.1) is 19.8 Å². The molecule has 152 valence electrons. The van der Waals surface area contributed by atoms with Gasteiger partial charge >= 0.3 is 12.0 Å². The standard InChI is InChI=1S/C19H29N6O3/c1-12(2)7-8-23-15-16(20-18(23)25-14(4)11-13(3)21-25)22(5)19(27)24(17(15)26)9-10-28-6/h11-12,15H,7-10H2,1-6H3/q+1. The first-order valence-electron chi connectivity index (χ1n) is 9.60. The van der Waals surface area contributed by atoms with Crippen molar-refractivity contribution < 1.29 is 18.9 Å². The number of carbonyl (C=O) groups excluding carboxylic acids is 2. The molecule has 1 atom stereocenters. The monoisotopic (exact) mass is 389 g/mol. The fraction of sp³-hybridized carbons (Fsp3) is 0.632. The Labute approximate surface area is 165 Å². The second-order valence-corrected chi connectivity index (χ2v) is 7.71. The van der Waals surface area contributed by atoms with Gasteiger partial charge in [0.25, 0.3) is 5.91 Å². The molecule has 3 amide bonds. The Bertz CT molecular complexity index is 854. The molecule has 0 N–H and O–H groups in total. The lowest BCUT2D eigenvalue weighted by atomic mass is 10.1. The fourth-order valence-corrected chi connectivity index (χ4v) is 3.52. The quantitative estimate of drug-likeness (QED) is 0.682. The van der Waals surface area contributed by atoms with Gasteiger partial charge in [-0.3, -0.25) is 14.6 Å². The Morgan fingerprint density at radius 2 is 2.00 bits per heavy atom. The summed E-state index contributed by atoms with van der Waals surface area (Å²) in [5.41, 5.74) is 1.81. The molecular formula is C19H29N6O3+. The van der Waals surface area contributed by atoms with Crippen LogP contribution in [-0.2, 0) is 9.53 Å². The van der Waals surface area contributed by atoms with Crippen LogP contribution in [0.1, 0.15) is 31.7 Å². The van der Waals surface area contributed by atoms with E-state index in [0.29, 0.717) is 30.9 Å². The van der Waals surface area contributed by atoms with E-state index >= 15 is 0 Å². The summed E-state index contributed by atoms with van der Waals surface area (Å²) in [6.07, 6.45) is 0.894. The summed E-state index contributed by atoms with van der Waals surface area (Å²) >= 11 is 0. The lowest BCUT2D eigenvalue weighted by Gasteiger charge is -2.34. The summed E-state index contributed by atoms with van der Waals surface area (Å²) < 4.78 is 8.80. The minimum absolute atomic E-state index is 0.218. The van der Waals surface area contributed by atoms with Crippen LogP contribution >= 0.6 is 0 Å². The number of ether oxygens (including phenoxy) is 1. The van der Waals surface area contributed by atoms with E-state index in [4.69, 9.17) is 9.73 Å². The third-order valence-electron chi connectivity index (χ3n) is 5.05. The number of imide groups is 1. The Morgan fingerprint density at radius 3 is 2.57 bits per heavy atom. The number of aryl methyl sites for hydroxylation is 2. The summed E-state index contributed by atoms with van der Waals surface area (Å²) in [4.78, 5) is 33.4. The van der Waals surface area contributed by atoms with Crippen molar-refractivity contribution in [1.82, 2.24) is 19.6 Å². The summed E-state index contributed by atoms with van der Waals surface area (Å²) in [6, 6.07) is 0.963. The number of nitrogens with zero attached hydrogens (tertiary/aromatic N) is 6. The van der Waals surface area contributed by atoms with E-state index in [9.17, 15) is 9.59 Å². The van der Waals surface area contributed by atoms with Crippen LogP contribution in [0.2, 0.25) is 0 Å². The number of hydrogen-bond donors (Lipinski definition) is 0. The molecule has 1 unspecified atom stereocenters. The third kappa shape index (κ3) is 3.46. The van der Waals surface area contributed by atoms with Crippen LogP contribution in [0.5, 0.6) is 0 Å². The Morgan fingerprint density at radius 1 is 1.29 bits per heavy atom. The van der Waals surface area contributed by atoms with Crippen molar-refractivity contribution in [2.24, 2.45) is 10.9 Å². The second kappa shape index (κ2) is 7.83. The normalized spacial score (nSPS) is 19.8. The number of amides is 3. The van der Waals surface area contributed by atoms with Crippen molar-refractivity contribution in [3.8, 4) is 0 Å². The smallest absolute Gasteiger partial charge is 0.383 e. The molecule has 0 aromatic carbocycles. The van der Waals surface area contributed by atoms with Crippen molar-refractivity contribution in [3.63, 3.8) is 0 Å². The first kappa shape index (κ1) is 20.2. The van der Waals surface area contributed by atoms with E-state index in [1.165, 1.54) is 9.80 Å². The maximum atomic E-state index is 13.2. The minimum Gasteiger partial charge on any atom is -0.383 e. The van der Waals surface area contributed by atoms with Crippen LogP contribution in [0.15, 0.2) is 11.1 Å². The van der Waals surface area contributed by atoms with Crippen molar-refractivity contribution >= 4 is 23.7 Å². The van der Waals surface area contributed by atoms with Gasteiger partial charge in [-0.15, -0.1) is 9.78 Å².